The number of carboxylic acid groups (broad SMARTS) is 1. The second-order valence-electron chi connectivity index (χ2n) is 5.14. The van der Waals surface area contributed by atoms with E-state index in [1.165, 1.54) is 0 Å². The van der Waals surface area contributed by atoms with Gasteiger partial charge in [0.25, 0.3) is 0 Å². The Bertz CT molecular complexity index is 317. The molecule has 2 atom stereocenters. The molecule has 1 rings (SSSR count). The van der Waals surface area contributed by atoms with Gasteiger partial charge in [-0.2, -0.15) is 0 Å². The summed E-state index contributed by atoms with van der Waals surface area (Å²) < 4.78 is 5.19. The minimum Gasteiger partial charge on any atom is -0.547 e. The van der Waals surface area contributed by atoms with Crippen molar-refractivity contribution in [2.75, 3.05) is 0 Å². The van der Waals surface area contributed by atoms with E-state index in [1.54, 1.807) is 6.92 Å². The first-order chi connectivity index (χ1) is 7.73. The molecule has 2 unspecified atom stereocenters. The smallest absolute Gasteiger partial charge is 0.312 e. The summed E-state index contributed by atoms with van der Waals surface area (Å²) in [7, 11) is 0. The molecule has 0 aliphatic heterocycles. The number of carbonyl (C=O) groups is 2. The summed E-state index contributed by atoms with van der Waals surface area (Å²) >= 11 is 0. The van der Waals surface area contributed by atoms with Gasteiger partial charge < -0.3 is 19.7 Å². The molecule has 0 aromatic rings. The summed E-state index contributed by atoms with van der Waals surface area (Å²) in [4.78, 5) is 22.6. The van der Waals surface area contributed by atoms with Crippen LogP contribution >= 0.6 is 0 Å². The van der Waals surface area contributed by atoms with E-state index < -0.39 is 23.0 Å². The zero-order chi connectivity index (χ0) is 13.3. The van der Waals surface area contributed by atoms with E-state index in [1.807, 2.05) is 6.92 Å². The van der Waals surface area contributed by atoms with Crippen LogP contribution in [0, 0.1) is 5.41 Å². The second kappa shape index (κ2) is 4.64. The minimum atomic E-state index is -1.98. The summed E-state index contributed by atoms with van der Waals surface area (Å²) in [6, 6.07) is 0. The predicted molar refractivity (Wildman–Crippen MR) is 57.8 cm³/mol. The van der Waals surface area contributed by atoms with Crippen molar-refractivity contribution >= 4 is 11.9 Å². The van der Waals surface area contributed by atoms with Crippen LogP contribution in [-0.4, -0.2) is 28.8 Å². The Hall–Kier alpha value is -1.10. The van der Waals surface area contributed by atoms with Crippen molar-refractivity contribution in [1.82, 2.24) is 0 Å². The quantitative estimate of drug-likeness (QED) is 0.663. The minimum absolute atomic E-state index is 0.141. The summed E-state index contributed by atoms with van der Waals surface area (Å²) in [5.41, 5.74) is -2.81. The van der Waals surface area contributed by atoms with Crippen LogP contribution in [0.1, 0.15) is 46.5 Å². The van der Waals surface area contributed by atoms with Crippen molar-refractivity contribution in [2.45, 2.75) is 58.2 Å². The van der Waals surface area contributed by atoms with Crippen LogP contribution in [0.15, 0.2) is 0 Å². The van der Waals surface area contributed by atoms with Gasteiger partial charge >= 0.3 is 5.97 Å². The average Bonchev–Trinajstić information content (AvgIpc) is 2.97. The van der Waals surface area contributed by atoms with Crippen LogP contribution in [0.3, 0.4) is 0 Å². The molecule has 0 heterocycles. The number of hydrogen-bond acceptors (Lipinski definition) is 5. The van der Waals surface area contributed by atoms with Crippen LogP contribution in [0.2, 0.25) is 0 Å². The average molecular weight is 243 g/mol. The van der Waals surface area contributed by atoms with Crippen LogP contribution in [0.25, 0.3) is 0 Å². The first-order valence-electron chi connectivity index (χ1n) is 5.88. The number of carbonyl (C=O) groups excluding carboxylic acids is 2. The third-order valence-corrected chi connectivity index (χ3v) is 3.29. The van der Waals surface area contributed by atoms with Crippen molar-refractivity contribution < 1.29 is 24.5 Å². The number of rotatable bonds is 6. The van der Waals surface area contributed by atoms with Gasteiger partial charge in [-0.25, -0.2) is 0 Å². The van der Waals surface area contributed by atoms with Gasteiger partial charge in [-0.15, -0.1) is 0 Å². The summed E-state index contributed by atoms with van der Waals surface area (Å²) in [6.07, 6.45) is 1.50. The van der Waals surface area contributed by atoms with Crippen molar-refractivity contribution in [2.24, 2.45) is 5.41 Å². The maximum atomic E-state index is 11.9. The van der Waals surface area contributed by atoms with Gasteiger partial charge in [-0.1, -0.05) is 6.92 Å². The largest absolute Gasteiger partial charge is 0.547 e. The van der Waals surface area contributed by atoms with Gasteiger partial charge in [0.05, 0.1) is 17.5 Å². The van der Waals surface area contributed by atoms with E-state index in [-0.39, 0.29) is 12.5 Å². The molecule has 1 aliphatic rings. The number of aliphatic hydroxyl groups is 1. The molecule has 0 aromatic heterocycles. The van der Waals surface area contributed by atoms with Gasteiger partial charge in [-0.3, -0.25) is 4.79 Å². The van der Waals surface area contributed by atoms with Crippen molar-refractivity contribution in [3.05, 3.63) is 0 Å². The number of ether oxygens (including phenoxy) is 1. The summed E-state index contributed by atoms with van der Waals surface area (Å²) in [6.45, 7) is 4.83. The fourth-order valence-corrected chi connectivity index (χ4v) is 1.73. The highest BCUT2D eigenvalue weighted by molar-refractivity contribution is 5.82. The molecule has 1 aliphatic carbocycles. The molecule has 0 amide bonds. The third kappa shape index (κ3) is 3.19. The standard InChI is InChI=1S/C12H20O5/c1-4-8(2)17-10(15)12(5-6-12)7-11(3,16)9(13)14/h8,16H,4-7H2,1-3H3,(H,13,14)/p-1. The predicted octanol–water partition coefficient (Wildman–Crippen LogP) is -0.000700. The molecular weight excluding hydrogens is 224 g/mol. The molecule has 0 saturated heterocycles. The number of hydrogen-bond donors (Lipinski definition) is 1. The zero-order valence-electron chi connectivity index (χ0n) is 10.5. The maximum absolute atomic E-state index is 11.9. The van der Waals surface area contributed by atoms with Crippen LogP contribution in [0.5, 0.6) is 0 Å². The maximum Gasteiger partial charge on any atom is 0.312 e. The monoisotopic (exact) mass is 243 g/mol. The van der Waals surface area contributed by atoms with Gasteiger partial charge in [-0.05, 0) is 39.5 Å². The third-order valence-electron chi connectivity index (χ3n) is 3.29. The Morgan fingerprint density at radius 2 is 2.06 bits per heavy atom. The molecule has 1 saturated carbocycles. The van der Waals surface area contributed by atoms with Crippen LogP contribution in [-0.2, 0) is 14.3 Å². The molecule has 1 N–H and O–H groups in total. The molecule has 5 heteroatoms. The second-order valence-corrected chi connectivity index (χ2v) is 5.14. The Kier molecular flexibility index (Phi) is 3.81. The Balaban J connectivity index is 2.64. The fourth-order valence-electron chi connectivity index (χ4n) is 1.73. The SMILES string of the molecule is CCC(C)OC(=O)C1(CC(C)(O)C(=O)[O-])CC1. The van der Waals surface area contributed by atoms with E-state index in [4.69, 9.17) is 4.74 Å². The zero-order valence-corrected chi connectivity index (χ0v) is 10.5. The molecule has 0 spiro atoms. The fraction of sp³-hybridized carbons (Fsp3) is 0.833. The lowest BCUT2D eigenvalue weighted by molar-refractivity contribution is -0.324. The number of carboxylic acids is 1. The molecule has 17 heavy (non-hydrogen) atoms. The molecule has 0 aromatic carbocycles. The van der Waals surface area contributed by atoms with E-state index >= 15 is 0 Å². The molecule has 5 nitrogen and oxygen atoms in total. The lowest BCUT2D eigenvalue weighted by Gasteiger charge is -2.28. The molecular formula is C12H19O5-. The lowest BCUT2D eigenvalue weighted by atomic mass is 9.89. The summed E-state index contributed by atoms with van der Waals surface area (Å²) in [5.74, 6) is -1.96. The molecule has 1 fully saturated rings. The Labute approximate surface area is 101 Å². The highest BCUT2D eigenvalue weighted by Gasteiger charge is 2.55. The Morgan fingerprint density at radius 3 is 2.41 bits per heavy atom. The Morgan fingerprint density at radius 1 is 1.53 bits per heavy atom. The van der Waals surface area contributed by atoms with E-state index in [0.29, 0.717) is 19.3 Å². The van der Waals surface area contributed by atoms with Crippen molar-refractivity contribution in [1.29, 1.82) is 0 Å². The van der Waals surface area contributed by atoms with Gasteiger partial charge in [0, 0.05) is 0 Å². The lowest BCUT2D eigenvalue weighted by Crippen LogP contribution is -2.48. The first-order valence-corrected chi connectivity index (χ1v) is 5.88. The highest BCUT2D eigenvalue weighted by atomic mass is 16.5. The number of esters is 1. The normalized spacial score (nSPS) is 22.4. The highest BCUT2D eigenvalue weighted by Crippen LogP contribution is 2.52. The number of aliphatic carboxylic acids is 1. The van der Waals surface area contributed by atoms with Crippen molar-refractivity contribution in [3.63, 3.8) is 0 Å². The van der Waals surface area contributed by atoms with Gasteiger partial charge in [0.15, 0.2) is 0 Å². The first kappa shape index (κ1) is 14.0. The molecule has 0 bridgehead atoms. The van der Waals surface area contributed by atoms with Gasteiger partial charge in [0.2, 0.25) is 0 Å². The van der Waals surface area contributed by atoms with Crippen LogP contribution in [0.4, 0.5) is 0 Å². The summed E-state index contributed by atoms with van der Waals surface area (Å²) in [5, 5.41) is 20.4. The van der Waals surface area contributed by atoms with Gasteiger partial charge in [0.1, 0.15) is 5.60 Å². The topological polar surface area (TPSA) is 86.7 Å². The molecule has 98 valence electrons. The van der Waals surface area contributed by atoms with Crippen molar-refractivity contribution in [3.8, 4) is 0 Å². The molecule has 0 radical (unpaired) electrons. The van der Waals surface area contributed by atoms with E-state index in [9.17, 15) is 19.8 Å². The van der Waals surface area contributed by atoms with Crippen LogP contribution < -0.4 is 5.11 Å². The van der Waals surface area contributed by atoms with E-state index in [2.05, 4.69) is 0 Å². The van der Waals surface area contributed by atoms with E-state index in [0.717, 1.165) is 6.92 Å².